The fourth-order valence-electron chi connectivity index (χ4n) is 4.56. The normalized spacial score (nSPS) is 10.9. The number of para-hydroxylation sites is 1. The second-order valence-electron chi connectivity index (χ2n) is 9.04. The molecule has 37 heavy (non-hydrogen) atoms. The van der Waals surface area contributed by atoms with Crippen LogP contribution in [0.25, 0.3) is 28.3 Å². The molecule has 0 aliphatic rings. The quantitative estimate of drug-likeness (QED) is 0.299. The van der Waals surface area contributed by atoms with Crippen molar-refractivity contribution in [1.82, 2.24) is 20.3 Å². The number of nitrogens with one attached hydrogen (secondary N) is 1. The SMILES string of the molecule is COc1ccc(-c2cc(C(=O)NCc3cn(-c4ccccc4)nc3-c3c(C)cc(C)cc3C)no2)cc1. The van der Waals surface area contributed by atoms with Gasteiger partial charge in [0.1, 0.15) is 5.75 Å². The summed E-state index contributed by atoms with van der Waals surface area (Å²) in [5, 5.41) is 11.9. The molecule has 1 N–H and O–H groups in total. The fraction of sp³-hybridized carbons (Fsp3) is 0.167. The highest BCUT2D eigenvalue weighted by atomic mass is 16.5. The topological polar surface area (TPSA) is 82.2 Å². The summed E-state index contributed by atoms with van der Waals surface area (Å²) in [6, 6.07) is 23.3. The van der Waals surface area contributed by atoms with E-state index in [-0.39, 0.29) is 11.6 Å². The van der Waals surface area contributed by atoms with Crippen molar-refractivity contribution in [3.63, 3.8) is 0 Å². The monoisotopic (exact) mass is 492 g/mol. The van der Waals surface area contributed by atoms with E-state index in [9.17, 15) is 4.79 Å². The van der Waals surface area contributed by atoms with Crippen LogP contribution in [-0.4, -0.2) is 28.0 Å². The molecule has 0 saturated carbocycles. The van der Waals surface area contributed by atoms with Crippen LogP contribution in [-0.2, 0) is 6.54 Å². The molecular weight excluding hydrogens is 464 g/mol. The smallest absolute Gasteiger partial charge is 0.273 e. The Balaban J connectivity index is 1.42. The van der Waals surface area contributed by atoms with Gasteiger partial charge in [-0.15, -0.1) is 0 Å². The second-order valence-corrected chi connectivity index (χ2v) is 9.04. The predicted molar refractivity (Wildman–Crippen MR) is 143 cm³/mol. The van der Waals surface area contributed by atoms with Crippen molar-refractivity contribution >= 4 is 5.91 Å². The molecule has 0 fully saturated rings. The Morgan fingerprint density at radius 2 is 1.68 bits per heavy atom. The molecule has 2 heterocycles. The summed E-state index contributed by atoms with van der Waals surface area (Å²) in [4.78, 5) is 13.0. The number of hydrogen-bond acceptors (Lipinski definition) is 5. The highest BCUT2D eigenvalue weighted by Crippen LogP contribution is 2.31. The average molecular weight is 493 g/mol. The van der Waals surface area contributed by atoms with Gasteiger partial charge in [-0.2, -0.15) is 5.10 Å². The van der Waals surface area contributed by atoms with E-state index in [1.165, 1.54) is 5.56 Å². The molecule has 0 radical (unpaired) electrons. The van der Waals surface area contributed by atoms with Gasteiger partial charge in [0.05, 0.1) is 18.5 Å². The van der Waals surface area contributed by atoms with Crippen molar-refractivity contribution < 1.29 is 14.1 Å². The molecule has 0 bridgehead atoms. The van der Waals surface area contributed by atoms with Crippen LogP contribution in [0, 0.1) is 20.8 Å². The summed E-state index contributed by atoms with van der Waals surface area (Å²) in [6.07, 6.45) is 1.97. The minimum Gasteiger partial charge on any atom is -0.497 e. The van der Waals surface area contributed by atoms with E-state index >= 15 is 0 Å². The largest absolute Gasteiger partial charge is 0.497 e. The van der Waals surface area contributed by atoms with Gasteiger partial charge in [0, 0.05) is 35.5 Å². The van der Waals surface area contributed by atoms with Crippen molar-refractivity contribution in [2.45, 2.75) is 27.3 Å². The number of benzene rings is 3. The predicted octanol–water partition coefficient (Wildman–Crippen LogP) is 6.06. The molecular formula is C30H28N4O3. The van der Waals surface area contributed by atoms with E-state index in [0.29, 0.717) is 12.3 Å². The third-order valence-corrected chi connectivity index (χ3v) is 6.28. The number of carbonyl (C=O) groups is 1. The van der Waals surface area contributed by atoms with Crippen molar-refractivity contribution in [1.29, 1.82) is 0 Å². The van der Waals surface area contributed by atoms with Gasteiger partial charge < -0.3 is 14.6 Å². The number of aryl methyl sites for hydroxylation is 3. The zero-order chi connectivity index (χ0) is 25.9. The lowest BCUT2D eigenvalue weighted by atomic mass is 9.95. The minimum absolute atomic E-state index is 0.213. The maximum atomic E-state index is 13.0. The lowest BCUT2D eigenvalue weighted by molar-refractivity contribution is 0.0942. The maximum Gasteiger partial charge on any atom is 0.273 e. The van der Waals surface area contributed by atoms with Gasteiger partial charge in [0.2, 0.25) is 0 Å². The number of rotatable bonds is 7. The van der Waals surface area contributed by atoms with Crippen molar-refractivity contribution in [2.75, 3.05) is 7.11 Å². The van der Waals surface area contributed by atoms with Crippen LogP contribution in [0.1, 0.15) is 32.7 Å². The Morgan fingerprint density at radius 3 is 2.35 bits per heavy atom. The van der Waals surface area contributed by atoms with E-state index in [2.05, 4.69) is 43.4 Å². The highest BCUT2D eigenvalue weighted by molar-refractivity contribution is 5.93. The molecule has 5 aromatic rings. The first-order valence-corrected chi connectivity index (χ1v) is 12.0. The Bertz CT molecular complexity index is 1530. The third kappa shape index (κ3) is 5.02. The number of nitrogens with zero attached hydrogens (tertiary/aromatic N) is 3. The van der Waals surface area contributed by atoms with Crippen LogP contribution in [0.15, 0.2) is 83.5 Å². The molecule has 186 valence electrons. The van der Waals surface area contributed by atoms with Crippen LogP contribution in [0.3, 0.4) is 0 Å². The van der Waals surface area contributed by atoms with E-state index in [0.717, 1.165) is 44.9 Å². The van der Waals surface area contributed by atoms with E-state index in [1.807, 2.05) is 65.5 Å². The third-order valence-electron chi connectivity index (χ3n) is 6.28. The summed E-state index contributed by atoms with van der Waals surface area (Å²) in [5.41, 5.74) is 8.29. The van der Waals surface area contributed by atoms with Crippen LogP contribution in [0.5, 0.6) is 5.75 Å². The van der Waals surface area contributed by atoms with Crippen LogP contribution < -0.4 is 10.1 Å². The summed E-state index contributed by atoms with van der Waals surface area (Å²) in [6.45, 7) is 6.56. The van der Waals surface area contributed by atoms with Crippen LogP contribution in [0.2, 0.25) is 0 Å². The van der Waals surface area contributed by atoms with Crippen LogP contribution in [0.4, 0.5) is 0 Å². The number of aromatic nitrogens is 3. The molecule has 0 unspecified atom stereocenters. The Morgan fingerprint density at radius 1 is 0.973 bits per heavy atom. The first-order chi connectivity index (χ1) is 17.9. The molecule has 0 saturated heterocycles. The van der Waals surface area contributed by atoms with E-state index in [4.69, 9.17) is 14.4 Å². The lowest BCUT2D eigenvalue weighted by Gasteiger charge is -2.11. The first-order valence-electron chi connectivity index (χ1n) is 12.0. The maximum absolute atomic E-state index is 13.0. The van der Waals surface area contributed by atoms with Crippen LogP contribution >= 0.6 is 0 Å². The Labute approximate surface area is 215 Å². The first kappa shape index (κ1) is 24.1. The highest BCUT2D eigenvalue weighted by Gasteiger charge is 2.19. The van der Waals surface area contributed by atoms with Gasteiger partial charge in [-0.05, 0) is 68.3 Å². The van der Waals surface area contributed by atoms with Gasteiger partial charge in [-0.3, -0.25) is 4.79 Å². The summed E-state index contributed by atoms with van der Waals surface area (Å²) in [7, 11) is 1.61. The molecule has 7 nitrogen and oxygen atoms in total. The van der Waals surface area contributed by atoms with Crippen molar-refractivity contribution in [3.05, 3.63) is 107 Å². The van der Waals surface area contributed by atoms with Gasteiger partial charge in [-0.25, -0.2) is 4.68 Å². The number of carbonyl (C=O) groups excluding carboxylic acids is 1. The van der Waals surface area contributed by atoms with Gasteiger partial charge in [-0.1, -0.05) is 41.1 Å². The molecule has 1 amide bonds. The number of ether oxygens (including phenoxy) is 1. The average Bonchev–Trinajstić information content (AvgIpc) is 3.56. The molecule has 0 spiro atoms. The van der Waals surface area contributed by atoms with Gasteiger partial charge in [0.15, 0.2) is 11.5 Å². The molecule has 5 rings (SSSR count). The van der Waals surface area contributed by atoms with E-state index in [1.54, 1.807) is 13.2 Å². The van der Waals surface area contributed by atoms with Gasteiger partial charge >= 0.3 is 0 Å². The van der Waals surface area contributed by atoms with Crippen molar-refractivity contribution in [3.8, 4) is 34.0 Å². The summed E-state index contributed by atoms with van der Waals surface area (Å²) >= 11 is 0. The fourth-order valence-corrected chi connectivity index (χ4v) is 4.56. The number of methoxy groups -OCH3 is 1. The zero-order valence-electron chi connectivity index (χ0n) is 21.3. The minimum atomic E-state index is -0.320. The zero-order valence-corrected chi connectivity index (χ0v) is 21.3. The lowest BCUT2D eigenvalue weighted by Crippen LogP contribution is -2.23. The molecule has 0 aliphatic carbocycles. The molecule has 0 aliphatic heterocycles. The van der Waals surface area contributed by atoms with Crippen molar-refractivity contribution in [2.24, 2.45) is 0 Å². The number of hydrogen-bond donors (Lipinski definition) is 1. The summed E-state index contributed by atoms with van der Waals surface area (Å²) < 4.78 is 12.5. The molecule has 3 aromatic carbocycles. The molecule has 2 aromatic heterocycles. The summed E-state index contributed by atoms with van der Waals surface area (Å²) in [5.74, 6) is 0.933. The molecule has 7 heteroatoms. The second kappa shape index (κ2) is 10.1. The standard InChI is InChI=1S/C30H28N4O3/c1-19-14-20(2)28(21(3)15-19)29-23(18-34(32-29)24-8-6-5-7-9-24)17-31-30(35)26-16-27(37-33-26)22-10-12-25(36-4)13-11-22/h5-16,18H,17H2,1-4H3,(H,31,35). The Hall–Kier alpha value is -4.65. The van der Waals surface area contributed by atoms with E-state index < -0.39 is 0 Å². The van der Waals surface area contributed by atoms with Gasteiger partial charge in [0.25, 0.3) is 5.91 Å². The Kier molecular flexibility index (Phi) is 6.60. The molecule has 0 atom stereocenters. The number of amides is 1.